The number of allylic oxidation sites excluding steroid dienone is 2. The number of carbonyl (C=O) groups is 2. The number of nitrogens with zero attached hydrogens (tertiary/aromatic N) is 1. The van der Waals surface area contributed by atoms with Crippen molar-refractivity contribution in [1.82, 2.24) is 0 Å². The fourth-order valence-corrected chi connectivity index (χ4v) is 1.94. The van der Waals surface area contributed by atoms with Crippen molar-refractivity contribution in [2.45, 2.75) is 19.6 Å². The Labute approximate surface area is 129 Å². The van der Waals surface area contributed by atoms with Crippen molar-refractivity contribution in [2.75, 3.05) is 19.0 Å². The molecule has 0 bridgehead atoms. The maximum Gasteiger partial charge on any atom is 0.348 e. The van der Waals surface area contributed by atoms with Gasteiger partial charge in [-0.25, -0.2) is 9.59 Å². The highest BCUT2D eigenvalue weighted by Crippen LogP contribution is 2.22. The lowest BCUT2D eigenvalue weighted by Crippen LogP contribution is -2.41. The third-order valence-corrected chi connectivity index (χ3v) is 3.08. The number of ether oxygens (including phenoxy) is 2. The molecule has 0 aromatic heterocycles. The van der Waals surface area contributed by atoms with Crippen molar-refractivity contribution in [3.05, 3.63) is 47.6 Å². The molecule has 1 fully saturated rings. The molecule has 0 saturated carbocycles. The van der Waals surface area contributed by atoms with Crippen LogP contribution in [0.5, 0.6) is 0 Å². The van der Waals surface area contributed by atoms with Gasteiger partial charge in [-0.05, 0) is 23.8 Å². The second-order valence-corrected chi connectivity index (χ2v) is 5.60. The third-order valence-electron chi connectivity index (χ3n) is 3.08. The Kier molecular flexibility index (Phi) is 4.35. The summed E-state index contributed by atoms with van der Waals surface area (Å²) in [5.74, 6) is -2.56. The molecule has 2 rings (SSSR count). The predicted octanol–water partition coefficient (Wildman–Crippen LogP) is 2.53. The van der Waals surface area contributed by atoms with Crippen molar-refractivity contribution in [3.8, 4) is 0 Å². The molecule has 1 heterocycles. The Bertz CT molecular complexity index is 617. The molecule has 0 radical (unpaired) electrons. The molecule has 0 spiro atoms. The first kappa shape index (κ1) is 15.8. The summed E-state index contributed by atoms with van der Waals surface area (Å²) < 4.78 is 10.0. The van der Waals surface area contributed by atoms with Gasteiger partial charge in [0.25, 0.3) is 5.79 Å². The molecule has 5 heteroatoms. The normalized spacial score (nSPS) is 17.2. The fourth-order valence-electron chi connectivity index (χ4n) is 1.94. The molecule has 1 aliphatic rings. The fraction of sp³-hybridized carbons (Fsp3) is 0.294. The summed E-state index contributed by atoms with van der Waals surface area (Å²) in [6.07, 6.45) is 4.83. The molecule has 0 N–H and O–H groups in total. The van der Waals surface area contributed by atoms with Crippen LogP contribution in [0.3, 0.4) is 0 Å². The Balaban J connectivity index is 2.10. The van der Waals surface area contributed by atoms with Crippen LogP contribution < -0.4 is 4.90 Å². The Hall–Kier alpha value is -2.56. The highest BCUT2D eigenvalue weighted by molar-refractivity contribution is 6.15. The van der Waals surface area contributed by atoms with E-state index >= 15 is 0 Å². The van der Waals surface area contributed by atoms with E-state index in [0.717, 1.165) is 11.3 Å². The van der Waals surface area contributed by atoms with E-state index in [1.165, 1.54) is 19.9 Å². The van der Waals surface area contributed by atoms with Crippen LogP contribution in [0.1, 0.15) is 19.4 Å². The van der Waals surface area contributed by atoms with Gasteiger partial charge in [0.1, 0.15) is 5.57 Å². The number of hydrogen-bond acceptors (Lipinski definition) is 5. The lowest BCUT2D eigenvalue weighted by molar-refractivity contribution is -0.222. The van der Waals surface area contributed by atoms with Gasteiger partial charge in [0.05, 0.1) is 0 Å². The first-order valence-corrected chi connectivity index (χ1v) is 6.91. The summed E-state index contributed by atoms with van der Waals surface area (Å²) in [7, 11) is 3.94. The highest BCUT2D eigenvalue weighted by atomic mass is 16.7. The molecule has 5 nitrogen and oxygen atoms in total. The van der Waals surface area contributed by atoms with Gasteiger partial charge in [0.2, 0.25) is 0 Å². The maximum absolute atomic E-state index is 11.8. The van der Waals surface area contributed by atoms with Crippen molar-refractivity contribution >= 4 is 23.7 Å². The number of carbonyl (C=O) groups excluding carboxylic acids is 2. The molecule has 116 valence electrons. The molecule has 0 atom stereocenters. The van der Waals surface area contributed by atoms with Gasteiger partial charge in [-0.3, -0.25) is 0 Å². The van der Waals surface area contributed by atoms with Crippen molar-refractivity contribution in [2.24, 2.45) is 0 Å². The van der Waals surface area contributed by atoms with Crippen LogP contribution in [0, 0.1) is 0 Å². The number of esters is 2. The molecule has 1 aromatic rings. The summed E-state index contributed by atoms with van der Waals surface area (Å²) in [5.41, 5.74) is 1.94. The Morgan fingerprint density at radius 3 is 2.05 bits per heavy atom. The quantitative estimate of drug-likeness (QED) is 0.488. The minimum Gasteiger partial charge on any atom is -0.419 e. The standard InChI is InChI=1S/C17H19NO4/c1-17(2)21-15(19)14(16(20)22-17)7-5-6-12-8-10-13(11-9-12)18(3)4/h5-11H,1-4H3/b6-5+. The van der Waals surface area contributed by atoms with Crippen LogP contribution in [-0.2, 0) is 19.1 Å². The van der Waals surface area contributed by atoms with E-state index in [-0.39, 0.29) is 5.57 Å². The largest absolute Gasteiger partial charge is 0.419 e. The van der Waals surface area contributed by atoms with Crippen molar-refractivity contribution in [3.63, 3.8) is 0 Å². The number of hydrogen-bond donors (Lipinski definition) is 0. The molecular weight excluding hydrogens is 282 g/mol. The molecule has 22 heavy (non-hydrogen) atoms. The number of anilines is 1. The van der Waals surface area contributed by atoms with E-state index in [0.29, 0.717) is 0 Å². The summed E-state index contributed by atoms with van der Waals surface area (Å²) in [6, 6.07) is 7.87. The molecule has 1 saturated heterocycles. The van der Waals surface area contributed by atoms with Crippen LogP contribution in [0.2, 0.25) is 0 Å². The van der Waals surface area contributed by atoms with Gasteiger partial charge in [-0.1, -0.05) is 24.3 Å². The predicted molar refractivity (Wildman–Crippen MR) is 84.1 cm³/mol. The number of cyclic esters (lactones) is 2. The van der Waals surface area contributed by atoms with E-state index in [2.05, 4.69) is 0 Å². The molecule has 0 aliphatic carbocycles. The Morgan fingerprint density at radius 2 is 1.55 bits per heavy atom. The zero-order chi connectivity index (χ0) is 16.3. The van der Waals surface area contributed by atoms with Crippen LogP contribution in [0.15, 0.2) is 42.0 Å². The summed E-state index contributed by atoms with van der Waals surface area (Å²) in [6.45, 7) is 3.03. The van der Waals surface area contributed by atoms with E-state index in [1.54, 1.807) is 12.2 Å². The third kappa shape index (κ3) is 3.75. The summed E-state index contributed by atoms with van der Waals surface area (Å²) in [4.78, 5) is 25.5. The van der Waals surface area contributed by atoms with Gasteiger partial charge in [-0.2, -0.15) is 0 Å². The van der Waals surface area contributed by atoms with Crippen molar-refractivity contribution < 1.29 is 19.1 Å². The topological polar surface area (TPSA) is 55.8 Å². The average molecular weight is 301 g/mol. The minimum absolute atomic E-state index is 0.111. The smallest absolute Gasteiger partial charge is 0.348 e. The van der Waals surface area contributed by atoms with E-state index < -0.39 is 17.7 Å². The van der Waals surface area contributed by atoms with E-state index in [4.69, 9.17) is 9.47 Å². The van der Waals surface area contributed by atoms with E-state index in [1.807, 2.05) is 43.3 Å². The number of benzene rings is 1. The van der Waals surface area contributed by atoms with Crippen LogP contribution in [-0.4, -0.2) is 31.8 Å². The van der Waals surface area contributed by atoms with Crippen LogP contribution >= 0.6 is 0 Å². The van der Waals surface area contributed by atoms with Crippen molar-refractivity contribution in [1.29, 1.82) is 0 Å². The summed E-state index contributed by atoms with van der Waals surface area (Å²) >= 11 is 0. The van der Waals surface area contributed by atoms with Gasteiger partial charge in [-0.15, -0.1) is 0 Å². The molecule has 0 unspecified atom stereocenters. The maximum atomic E-state index is 11.8. The minimum atomic E-state index is -1.21. The second kappa shape index (κ2) is 6.05. The Morgan fingerprint density at radius 1 is 1.00 bits per heavy atom. The van der Waals surface area contributed by atoms with E-state index in [9.17, 15) is 9.59 Å². The van der Waals surface area contributed by atoms with Gasteiger partial charge in [0, 0.05) is 33.6 Å². The van der Waals surface area contributed by atoms with Gasteiger partial charge in [0.15, 0.2) is 0 Å². The summed E-state index contributed by atoms with van der Waals surface area (Å²) in [5, 5.41) is 0. The monoisotopic (exact) mass is 301 g/mol. The van der Waals surface area contributed by atoms with Crippen LogP contribution in [0.25, 0.3) is 6.08 Å². The molecule has 1 aliphatic heterocycles. The van der Waals surface area contributed by atoms with Crippen LogP contribution in [0.4, 0.5) is 5.69 Å². The first-order chi connectivity index (χ1) is 10.3. The zero-order valence-electron chi connectivity index (χ0n) is 13.1. The zero-order valence-corrected chi connectivity index (χ0v) is 13.1. The molecular formula is C17H19NO4. The van der Waals surface area contributed by atoms with Gasteiger partial charge < -0.3 is 14.4 Å². The lowest BCUT2D eigenvalue weighted by atomic mass is 10.1. The number of rotatable bonds is 3. The molecule has 0 amide bonds. The SMILES string of the molecule is CN(C)c1ccc(/C=C/C=C2C(=O)OC(C)(C)OC2=O)cc1. The second-order valence-electron chi connectivity index (χ2n) is 5.60. The lowest BCUT2D eigenvalue weighted by Gasteiger charge is -2.29. The average Bonchev–Trinajstić information content (AvgIpc) is 2.41. The highest BCUT2D eigenvalue weighted by Gasteiger charge is 2.38. The molecule has 1 aromatic carbocycles. The van der Waals surface area contributed by atoms with Gasteiger partial charge >= 0.3 is 11.9 Å². The first-order valence-electron chi connectivity index (χ1n) is 6.91.